The molecule has 3 N–H and O–H groups in total. The highest BCUT2D eigenvalue weighted by atomic mass is 16.6. The first-order chi connectivity index (χ1) is 27.3. The summed E-state index contributed by atoms with van der Waals surface area (Å²) in [6, 6.07) is 24.5. The van der Waals surface area contributed by atoms with E-state index in [-0.39, 0.29) is 23.1 Å². The summed E-state index contributed by atoms with van der Waals surface area (Å²) in [5.41, 5.74) is 4.84. The van der Waals surface area contributed by atoms with Gasteiger partial charge in [0.25, 0.3) is 5.56 Å². The van der Waals surface area contributed by atoms with Crippen LogP contribution in [0.4, 0.5) is 26.7 Å². The van der Waals surface area contributed by atoms with Crippen molar-refractivity contribution in [2.24, 2.45) is 0 Å². The van der Waals surface area contributed by atoms with E-state index in [1.165, 1.54) is 0 Å². The van der Waals surface area contributed by atoms with Crippen LogP contribution in [0.15, 0.2) is 89.9 Å². The fourth-order valence-corrected chi connectivity index (χ4v) is 6.57. The van der Waals surface area contributed by atoms with Crippen molar-refractivity contribution in [2.75, 3.05) is 29.2 Å². The predicted octanol–water partition coefficient (Wildman–Crippen LogP) is 11.1. The molecule has 3 aromatic carbocycles. The smallest absolute Gasteiger partial charge is 0.412 e. The maximum Gasteiger partial charge on any atom is 0.412 e. The van der Waals surface area contributed by atoms with Gasteiger partial charge in [0.15, 0.2) is 0 Å². The number of aromatic nitrogens is 2. The summed E-state index contributed by atoms with van der Waals surface area (Å²) in [6.45, 7) is 17.5. The van der Waals surface area contributed by atoms with E-state index in [4.69, 9.17) is 14.2 Å². The molecule has 0 bridgehead atoms. The SMILES string of the molecule is CCCCn1c(=O)c(NC(=O)Nc2c(C(C)C)cc(NC(=O)OC(C)(C)C)cc2C(C)C)c(-c2cccc(OCCCOCc3ccccc3)c2)c2cccnc21. The molecule has 3 amide bonds. The minimum Gasteiger partial charge on any atom is -0.493 e. The van der Waals surface area contributed by atoms with Gasteiger partial charge in [0, 0.05) is 41.5 Å². The van der Waals surface area contributed by atoms with Gasteiger partial charge in [-0.05, 0) is 97.7 Å². The first-order valence-electron chi connectivity index (χ1n) is 19.9. The van der Waals surface area contributed by atoms with E-state index >= 15 is 0 Å². The molecule has 0 aliphatic rings. The lowest BCUT2D eigenvalue weighted by Gasteiger charge is -2.24. The Morgan fingerprint density at radius 1 is 0.807 bits per heavy atom. The number of hydrogen-bond donors (Lipinski definition) is 3. The lowest BCUT2D eigenvalue weighted by molar-refractivity contribution is 0.0636. The Balaban J connectivity index is 1.47. The maximum atomic E-state index is 14.5. The molecule has 2 aromatic heterocycles. The number of urea groups is 1. The zero-order valence-corrected chi connectivity index (χ0v) is 34.5. The summed E-state index contributed by atoms with van der Waals surface area (Å²) in [7, 11) is 0. The molecule has 0 aliphatic heterocycles. The Kier molecular flexibility index (Phi) is 14.5. The van der Waals surface area contributed by atoms with Crippen LogP contribution < -0.4 is 26.2 Å². The van der Waals surface area contributed by atoms with E-state index < -0.39 is 17.7 Å². The summed E-state index contributed by atoms with van der Waals surface area (Å²) >= 11 is 0. The van der Waals surface area contributed by atoms with Gasteiger partial charge in [-0.3, -0.25) is 14.7 Å². The van der Waals surface area contributed by atoms with E-state index in [2.05, 4.69) is 27.9 Å². The van der Waals surface area contributed by atoms with Crippen molar-refractivity contribution in [2.45, 2.75) is 105 Å². The van der Waals surface area contributed by atoms with Gasteiger partial charge in [-0.2, -0.15) is 0 Å². The summed E-state index contributed by atoms with van der Waals surface area (Å²) in [6.07, 6.45) is 3.44. The molecule has 0 spiro atoms. The van der Waals surface area contributed by atoms with Crippen molar-refractivity contribution in [1.29, 1.82) is 0 Å². The highest BCUT2D eigenvalue weighted by Gasteiger charge is 2.24. The number of rotatable bonds is 16. The molecule has 0 saturated heterocycles. The Hall–Kier alpha value is -5.68. The summed E-state index contributed by atoms with van der Waals surface area (Å²) in [5.74, 6) is 0.580. The number of amides is 3. The second-order valence-corrected chi connectivity index (χ2v) is 15.7. The number of aryl methyl sites for hydroxylation is 1. The zero-order valence-electron chi connectivity index (χ0n) is 34.5. The Morgan fingerprint density at radius 3 is 2.18 bits per heavy atom. The molecule has 0 saturated carbocycles. The molecule has 5 aromatic rings. The Bertz CT molecular complexity index is 2180. The summed E-state index contributed by atoms with van der Waals surface area (Å²) in [4.78, 5) is 46.1. The third kappa shape index (κ3) is 11.4. The molecule has 0 aliphatic carbocycles. The molecule has 11 heteroatoms. The minimum atomic E-state index is -0.662. The number of carbonyl (C=O) groups is 2. The lowest BCUT2D eigenvalue weighted by atomic mass is 9.91. The van der Waals surface area contributed by atoms with Crippen molar-refractivity contribution >= 4 is 40.2 Å². The number of nitrogens with zero attached hydrogens (tertiary/aromatic N) is 2. The lowest BCUT2D eigenvalue weighted by Crippen LogP contribution is -2.30. The maximum absolute atomic E-state index is 14.5. The van der Waals surface area contributed by atoms with Gasteiger partial charge in [0.1, 0.15) is 22.7 Å². The number of anilines is 3. The quantitative estimate of drug-likeness (QED) is 0.0850. The fraction of sp³-hybridized carbons (Fsp3) is 0.391. The molecule has 302 valence electrons. The standard InChI is InChI=1S/C46H57N5O6/c1-9-10-23-51-42-36(21-15-22-47-42)39(33-19-14-20-35(26-33)56-25-16-24-55-29-32-17-12-11-13-18-32)41(43(51)52)50-44(53)49-40-37(30(2)3)27-34(28-38(40)31(4)5)48-45(54)57-46(6,7)8/h11-15,17-22,26-28,30-31H,9-10,16,23-25,29H2,1-8H3,(H,48,54)(H2,49,50,53). The molecule has 0 fully saturated rings. The number of pyridine rings is 2. The summed E-state index contributed by atoms with van der Waals surface area (Å²) < 4.78 is 19.1. The van der Waals surface area contributed by atoms with E-state index in [1.54, 1.807) is 10.8 Å². The highest BCUT2D eigenvalue weighted by Crippen LogP contribution is 2.38. The topological polar surface area (TPSA) is 133 Å². The van der Waals surface area contributed by atoms with Crippen LogP contribution in [0, 0.1) is 0 Å². The number of benzene rings is 3. The van der Waals surface area contributed by atoms with Crippen molar-refractivity contribution in [1.82, 2.24) is 9.55 Å². The molecule has 0 unspecified atom stereocenters. The van der Waals surface area contributed by atoms with E-state index in [0.717, 1.165) is 34.9 Å². The van der Waals surface area contributed by atoms with Gasteiger partial charge in [-0.15, -0.1) is 0 Å². The van der Waals surface area contributed by atoms with Crippen LogP contribution in [0.5, 0.6) is 5.75 Å². The van der Waals surface area contributed by atoms with Crippen LogP contribution in [0.1, 0.15) is 103 Å². The van der Waals surface area contributed by atoms with Gasteiger partial charge < -0.3 is 24.8 Å². The van der Waals surface area contributed by atoms with E-state index in [9.17, 15) is 14.4 Å². The van der Waals surface area contributed by atoms with Crippen molar-refractivity contribution < 1.29 is 23.8 Å². The number of nitrogens with one attached hydrogen (secondary N) is 3. The van der Waals surface area contributed by atoms with E-state index in [1.807, 2.05) is 127 Å². The number of ether oxygens (including phenoxy) is 3. The Labute approximate surface area is 336 Å². The van der Waals surface area contributed by atoms with Crippen LogP contribution in [-0.4, -0.2) is 40.5 Å². The van der Waals surface area contributed by atoms with Gasteiger partial charge in [0.05, 0.1) is 19.8 Å². The second-order valence-electron chi connectivity index (χ2n) is 15.7. The normalized spacial score (nSPS) is 11.5. The molecule has 57 heavy (non-hydrogen) atoms. The number of hydrogen-bond acceptors (Lipinski definition) is 7. The monoisotopic (exact) mass is 775 g/mol. The van der Waals surface area contributed by atoms with Crippen molar-refractivity contribution in [3.05, 3.63) is 112 Å². The third-order valence-corrected chi connectivity index (χ3v) is 9.26. The molecule has 0 radical (unpaired) electrons. The fourth-order valence-electron chi connectivity index (χ4n) is 6.57. The second kappa shape index (κ2) is 19.5. The van der Waals surface area contributed by atoms with Gasteiger partial charge in [-0.1, -0.05) is 83.5 Å². The third-order valence-electron chi connectivity index (χ3n) is 9.26. The van der Waals surface area contributed by atoms with Crippen LogP contribution >= 0.6 is 0 Å². The molecular formula is C46H57N5O6. The van der Waals surface area contributed by atoms with Crippen LogP contribution in [0.2, 0.25) is 0 Å². The predicted molar refractivity (Wildman–Crippen MR) is 230 cm³/mol. The minimum absolute atomic E-state index is 0.0232. The molecule has 5 rings (SSSR count). The van der Waals surface area contributed by atoms with Gasteiger partial charge in [0.2, 0.25) is 0 Å². The molecule has 0 atom stereocenters. The largest absolute Gasteiger partial charge is 0.493 e. The van der Waals surface area contributed by atoms with Crippen LogP contribution in [0.25, 0.3) is 22.2 Å². The van der Waals surface area contributed by atoms with Crippen LogP contribution in [-0.2, 0) is 22.6 Å². The molecule has 11 nitrogen and oxygen atoms in total. The zero-order chi connectivity index (χ0) is 41.1. The highest BCUT2D eigenvalue weighted by molar-refractivity contribution is 6.08. The van der Waals surface area contributed by atoms with E-state index in [0.29, 0.717) is 66.7 Å². The Morgan fingerprint density at radius 2 is 1.51 bits per heavy atom. The first-order valence-corrected chi connectivity index (χ1v) is 19.9. The number of unbranched alkanes of at least 4 members (excludes halogenated alkanes) is 1. The molecule has 2 heterocycles. The van der Waals surface area contributed by atoms with Crippen molar-refractivity contribution in [3.8, 4) is 16.9 Å². The first kappa shape index (κ1) is 42.5. The average Bonchev–Trinajstić information content (AvgIpc) is 3.16. The van der Waals surface area contributed by atoms with Gasteiger partial charge in [-0.25, -0.2) is 14.6 Å². The van der Waals surface area contributed by atoms with Crippen LogP contribution in [0.3, 0.4) is 0 Å². The van der Waals surface area contributed by atoms with Gasteiger partial charge >= 0.3 is 12.1 Å². The average molecular weight is 776 g/mol. The van der Waals surface area contributed by atoms with Crippen molar-refractivity contribution in [3.63, 3.8) is 0 Å². The summed E-state index contributed by atoms with van der Waals surface area (Å²) in [5, 5.41) is 9.66. The number of fused-ring (bicyclic) bond motifs is 1. The molecular weight excluding hydrogens is 719 g/mol. The number of carbonyl (C=O) groups excluding carboxylic acids is 2.